The van der Waals surface area contributed by atoms with Crippen LogP contribution < -0.4 is 0 Å². The highest BCUT2D eigenvalue weighted by atomic mass is 14.1. The van der Waals surface area contributed by atoms with E-state index in [0.717, 1.165) is 6.42 Å². The van der Waals surface area contributed by atoms with Gasteiger partial charge in [0.05, 0.1) is 0 Å². The van der Waals surface area contributed by atoms with E-state index in [4.69, 9.17) is 0 Å². The van der Waals surface area contributed by atoms with Crippen LogP contribution in [0.5, 0.6) is 0 Å². The molecule has 0 aliphatic carbocycles. The van der Waals surface area contributed by atoms with Crippen LogP contribution in [0.2, 0.25) is 0 Å². The smallest absolute Gasteiger partial charge is 0.0153 e. The van der Waals surface area contributed by atoms with Gasteiger partial charge in [-0.25, -0.2) is 0 Å². The zero-order valence-electron chi connectivity index (χ0n) is 9.67. The first-order valence-corrected chi connectivity index (χ1v) is 5.34. The molecule has 0 heterocycles. The minimum Gasteiger partial charge on any atom is -0.0916 e. The molecule has 14 heavy (non-hydrogen) atoms. The van der Waals surface area contributed by atoms with E-state index in [1.807, 2.05) is 0 Å². The van der Waals surface area contributed by atoms with Crippen LogP contribution in [0.15, 0.2) is 30.4 Å². The predicted octanol–water partition coefficient (Wildman–Crippen LogP) is 4.37. The Kier molecular flexibility index (Phi) is 3.94. The fraction of sp³-hybridized carbons (Fsp3) is 0.429. The summed E-state index contributed by atoms with van der Waals surface area (Å²) in [5.74, 6) is 0.631. The van der Waals surface area contributed by atoms with Crippen molar-refractivity contribution in [1.29, 1.82) is 0 Å². The number of hydrogen-bond donors (Lipinski definition) is 0. The Bertz CT molecular complexity index is 321. The highest BCUT2D eigenvalue weighted by molar-refractivity contribution is 5.35. The molecular weight excluding hydrogens is 168 g/mol. The number of allylic oxidation sites excluding steroid dienone is 2. The molecule has 76 valence electrons. The van der Waals surface area contributed by atoms with Gasteiger partial charge in [-0.3, -0.25) is 0 Å². The largest absolute Gasteiger partial charge is 0.0916 e. The first kappa shape index (κ1) is 11.0. The van der Waals surface area contributed by atoms with Gasteiger partial charge in [-0.2, -0.15) is 0 Å². The van der Waals surface area contributed by atoms with Crippen molar-refractivity contribution >= 4 is 0 Å². The van der Waals surface area contributed by atoms with E-state index in [2.05, 4.69) is 58.0 Å². The van der Waals surface area contributed by atoms with Gasteiger partial charge in [-0.1, -0.05) is 37.3 Å². The van der Waals surface area contributed by atoms with Crippen molar-refractivity contribution in [3.05, 3.63) is 47.0 Å². The zero-order valence-corrected chi connectivity index (χ0v) is 9.67. The van der Waals surface area contributed by atoms with Crippen LogP contribution in [-0.2, 0) is 0 Å². The summed E-state index contributed by atoms with van der Waals surface area (Å²) in [6.45, 7) is 8.77. The molecule has 1 unspecified atom stereocenters. The molecule has 0 aliphatic heterocycles. The molecule has 0 fully saturated rings. The van der Waals surface area contributed by atoms with Crippen molar-refractivity contribution in [3.8, 4) is 0 Å². The molecule has 0 spiro atoms. The molecule has 0 amide bonds. The van der Waals surface area contributed by atoms with Crippen LogP contribution in [0.3, 0.4) is 0 Å². The van der Waals surface area contributed by atoms with Gasteiger partial charge in [0.1, 0.15) is 0 Å². The Morgan fingerprint density at radius 1 is 1.29 bits per heavy atom. The average molecular weight is 188 g/mol. The maximum Gasteiger partial charge on any atom is -0.0153 e. The molecule has 1 atom stereocenters. The van der Waals surface area contributed by atoms with Crippen molar-refractivity contribution in [1.82, 2.24) is 0 Å². The summed E-state index contributed by atoms with van der Waals surface area (Å²) in [5, 5.41) is 0. The molecule has 0 N–H and O–H groups in total. The summed E-state index contributed by atoms with van der Waals surface area (Å²) in [7, 11) is 0. The molecule has 0 saturated carbocycles. The summed E-state index contributed by atoms with van der Waals surface area (Å²) in [6, 6.07) is 6.58. The lowest BCUT2D eigenvalue weighted by atomic mass is 9.91. The van der Waals surface area contributed by atoms with Crippen molar-refractivity contribution in [3.63, 3.8) is 0 Å². The predicted molar refractivity (Wildman–Crippen MR) is 63.8 cm³/mol. The van der Waals surface area contributed by atoms with E-state index < -0.39 is 0 Å². The maximum atomic E-state index is 2.29. The standard InChI is InChI=1S/C14H20/c1-5-6-8-12(3)14-10-7-9-11(2)13(14)4/h5-7,9-10,12H,8H2,1-4H3/b6-5-. The molecule has 0 radical (unpaired) electrons. The Labute approximate surface area is 87.7 Å². The molecule has 0 bridgehead atoms. The van der Waals surface area contributed by atoms with Crippen LogP contribution >= 0.6 is 0 Å². The third-order valence-corrected chi connectivity index (χ3v) is 2.90. The van der Waals surface area contributed by atoms with Gasteiger partial charge < -0.3 is 0 Å². The molecule has 0 aliphatic rings. The van der Waals surface area contributed by atoms with Crippen LogP contribution in [0.25, 0.3) is 0 Å². The quantitative estimate of drug-likeness (QED) is 0.618. The number of rotatable bonds is 3. The monoisotopic (exact) mass is 188 g/mol. The highest BCUT2D eigenvalue weighted by Crippen LogP contribution is 2.24. The van der Waals surface area contributed by atoms with Crippen molar-refractivity contribution in [2.24, 2.45) is 0 Å². The van der Waals surface area contributed by atoms with E-state index in [-0.39, 0.29) is 0 Å². The normalized spacial score (nSPS) is 13.4. The summed E-state index contributed by atoms with van der Waals surface area (Å²) in [6.07, 6.45) is 5.51. The van der Waals surface area contributed by atoms with Crippen molar-refractivity contribution < 1.29 is 0 Å². The van der Waals surface area contributed by atoms with E-state index >= 15 is 0 Å². The lowest BCUT2D eigenvalue weighted by molar-refractivity contribution is 0.771. The van der Waals surface area contributed by atoms with Gasteiger partial charge in [0.2, 0.25) is 0 Å². The minimum absolute atomic E-state index is 0.631. The maximum absolute atomic E-state index is 2.29. The van der Waals surface area contributed by atoms with Gasteiger partial charge in [-0.05, 0) is 49.8 Å². The van der Waals surface area contributed by atoms with E-state index in [1.54, 1.807) is 0 Å². The summed E-state index contributed by atoms with van der Waals surface area (Å²) in [4.78, 5) is 0. The fourth-order valence-corrected chi connectivity index (χ4v) is 1.77. The number of hydrogen-bond acceptors (Lipinski definition) is 0. The molecule has 0 saturated heterocycles. The minimum atomic E-state index is 0.631. The van der Waals surface area contributed by atoms with E-state index in [1.165, 1.54) is 16.7 Å². The van der Waals surface area contributed by atoms with Gasteiger partial charge in [-0.15, -0.1) is 0 Å². The first-order chi connectivity index (χ1) is 6.66. The zero-order chi connectivity index (χ0) is 10.6. The second-order valence-corrected chi connectivity index (χ2v) is 3.99. The van der Waals surface area contributed by atoms with Gasteiger partial charge in [0.15, 0.2) is 0 Å². The Hall–Kier alpha value is -1.04. The summed E-state index contributed by atoms with van der Waals surface area (Å²) >= 11 is 0. The van der Waals surface area contributed by atoms with Crippen molar-refractivity contribution in [2.75, 3.05) is 0 Å². The van der Waals surface area contributed by atoms with Crippen LogP contribution in [0, 0.1) is 13.8 Å². The van der Waals surface area contributed by atoms with Crippen LogP contribution in [0.1, 0.15) is 42.9 Å². The third-order valence-electron chi connectivity index (χ3n) is 2.90. The molecule has 1 rings (SSSR count). The second kappa shape index (κ2) is 4.99. The molecule has 1 aromatic rings. The second-order valence-electron chi connectivity index (χ2n) is 3.99. The summed E-state index contributed by atoms with van der Waals surface area (Å²) in [5.41, 5.74) is 4.34. The lowest BCUT2D eigenvalue weighted by Crippen LogP contribution is -1.96. The van der Waals surface area contributed by atoms with Crippen LogP contribution in [0.4, 0.5) is 0 Å². The topological polar surface area (TPSA) is 0 Å². The fourth-order valence-electron chi connectivity index (χ4n) is 1.77. The molecule has 0 heteroatoms. The van der Waals surface area contributed by atoms with Crippen LogP contribution in [-0.4, -0.2) is 0 Å². The van der Waals surface area contributed by atoms with Gasteiger partial charge in [0, 0.05) is 0 Å². The Balaban J connectivity index is 2.89. The van der Waals surface area contributed by atoms with Gasteiger partial charge in [0.25, 0.3) is 0 Å². The molecular formula is C14H20. The Morgan fingerprint density at radius 3 is 2.64 bits per heavy atom. The van der Waals surface area contributed by atoms with Crippen molar-refractivity contribution in [2.45, 2.75) is 40.0 Å². The number of aryl methyl sites for hydroxylation is 1. The molecule has 0 aromatic heterocycles. The Morgan fingerprint density at radius 2 is 2.00 bits per heavy atom. The first-order valence-electron chi connectivity index (χ1n) is 5.34. The SMILES string of the molecule is C/C=C\CC(C)c1cccc(C)c1C. The summed E-state index contributed by atoms with van der Waals surface area (Å²) < 4.78 is 0. The molecule has 0 nitrogen and oxygen atoms in total. The third kappa shape index (κ3) is 2.47. The lowest BCUT2D eigenvalue weighted by Gasteiger charge is -2.14. The van der Waals surface area contributed by atoms with E-state index in [0.29, 0.717) is 5.92 Å². The van der Waals surface area contributed by atoms with E-state index in [9.17, 15) is 0 Å². The van der Waals surface area contributed by atoms with Gasteiger partial charge >= 0.3 is 0 Å². The highest BCUT2D eigenvalue weighted by Gasteiger charge is 2.07. The number of benzene rings is 1. The molecule has 1 aromatic carbocycles. The average Bonchev–Trinajstić information content (AvgIpc) is 2.18.